The van der Waals surface area contributed by atoms with Crippen LogP contribution in [0.25, 0.3) is 0 Å². The Kier molecular flexibility index (Phi) is 5.35. The molecule has 0 spiro atoms. The van der Waals surface area contributed by atoms with Crippen molar-refractivity contribution in [2.45, 2.75) is 37.8 Å². The molecule has 0 saturated carbocycles. The maximum atomic E-state index is 12.3. The Morgan fingerprint density at radius 3 is 2.96 bits per heavy atom. The summed E-state index contributed by atoms with van der Waals surface area (Å²) in [7, 11) is 1.39. The number of carbonyl (C=O) groups is 2. The summed E-state index contributed by atoms with van der Waals surface area (Å²) in [5.41, 5.74) is 2.19. The number of nitrogens with zero attached hydrogens (tertiary/aromatic N) is 1. The maximum Gasteiger partial charge on any atom is 0.307 e. The first-order chi connectivity index (χ1) is 11.7. The van der Waals surface area contributed by atoms with Gasteiger partial charge in [-0.3, -0.25) is 9.59 Å². The summed E-state index contributed by atoms with van der Waals surface area (Å²) in [6.07, 6.45) is 3.22. The molecular formula is C18H24N2O4. The third-order valence-corrected chi connectivity index (χ3v) is 4.69. The van der Waals surface area contributed by atoms with E-state index < -0.39 is 0 Å². The molecular weight excluding hydrogens is 308 g/mol. The first kappa shape index (κ1) is 16.8. The first-order valence-corrected chi connectivity index (χ1v) is 8.47. The number of fused-ring (bicyclic) bond motifs is 1. The van der Waals surface area contributed by atoms with Gasteiger partial charge in [-0.15, -0.1) is 0 Å². The molecule has 2 aliphatic rings. The van der Waals surface area contributed by atoms with E-state index in [0.29, 0.717) is 6.54 Å². The zero-order valence-electron chi connectivity index (χ0n) is 14.0. The molecule has 0 aromatic heterocycles. The average Bonchev–Trinajstić information content (AvgIpc) is 3.21. The van der Waals surface area contributed by atoms with Gasteiger partial charge in [-0.25, -0.2) is 0 Å². The fraction of sp³-hybridized carbons (Fsp3) is 0.556. The first-order valence-electron chi connectivity index (χ1n) is 8.47. The summed E-state index contributed by atoms with van der Waals surface area (Å²) in [5, 5.41) is 2.95. The molecule has 1 N–H and O–H groups in total. The van der Waals surface area contributed by atoms with Gasteiger partial charge in [0.15, 0.2) is 0 Å². The molecule has 2 atom stereocenters. The quantitative estimate of drug-likeness (QED) is 0.795. The fourth-order valence-corrected chi connectivity index (χ4v) is 3.44. The van der Waals surface area contributed by atoms with E-state index in [1.807, 2.05) is 29.2 Å². The van der Waals surface area contributed by atoms with Crippen LogP contribution in [-0.2, 0) is 25.5 Å². The van der Waals surface area contributed by atoms with Crippen molar-refractivity contribution in [1.82, 2.24) is 5.32 Å². The lowest BCUT2D eigenvalue weighted by Gasteiger charge is -2.26. The predicted molar refractivity (Wildman–Crippen MR) is 89.9 cm³/mol. The summed E-state index contributed by atoms with van der Waals surface area (Å²) in [5.74, 6) is -0.297. The third kappa shape index (κ3) is 3.87. The van der Waals surface area contributed by atoms with E-state index in [0.717, 1.165) is 31.6 Å². The van der Waals surface area contributed by atoms with Crippen molar-refractivity contribution in [1.29, 1.82) is 0 Å². The van der Waals surface area contributed by atoms with Crippen LogP contribution in [0.1, 0.15) is 24.8 Å². The number of benzene rings is 1. The summed E-state index contributed by atoms with van der Waals surface area (Å²) < 4.78 is 10.3. The third-order valence-electron chi connectivity index (χ3n) is 4.69. The number of rotatable bonds is 6. The number of para-hydroxylation sites is 1. The summed E-state index contributed by atoms with van der Waals surface area (Å²) in [6.45, 7) is 1.57. The van der Waals surface area contributed by atoms with Crippen LogP contribution in [0.5, 0.6) is 0 Å². The Balaban J connectivity index is 1.62. The van der Waals surface area contributed by atoms with Crippen molar-refractivity contribution in [3.05, 3.63) is 29.8 Å². The molecule has 1 fully saturated rings. The zero-order chi connectivity index (χ0) is 16.9. The molecule has 6 heteroatoms. The minimum Gasteiger partial charge on any atom is -0.469 e. The fourth-order valence-electron chi connectivity index (χ4n) is 3.44. The smallest absolute Gasteiger partial charge is 0.307 e. The Bertz CT molecular complexity index is 598. The highest BCUT2D eigenvalue weighted by molar-refractivity contribution is 5.83. The Morgan fingerprint density at radius 1 is 1.38 bits per heavy atom. The summed E-state index contributed by atoms with van der Waals surface area (Å²) in [4.78, 5) is 26.0. The predicted octanol–water partition coefficient (Wildman–Crippen LogP) is 1.28. The number of hydrogen-bond acceptors (Lipinski definition) is 5. The van der Waals surface area contributed by atoms with Crippen molar-refractivity contribution in [2.75, 3.05) is 31.7 Å². The molecule has 0 bridgehead atoms. The second kappa shape index (κ2) is 7.66. The van der Waals surface area contributed by atoms with Crippen LogP contribution in [0.4, 0.5) is 5.69 Å². The van der Waals surface area contributed by atoms with Crippen LogP contribution in [0.2, 0.25) is 0 Å². The number of hydrogen-bond donors (Lipinski definition) is 1. The van der Waals surface area contributed by atoms with E-state index in [1.54, 1.807) is 0 Å². The van der Waals surface area contributed by atoms with Gasteiger partial charge in [-0.05, 0) is 30.9 Å². The van der Waals surface area contributed by atoms with Crippen molar-refractivity contribution < 1.29 is 19.1 Å². The van der Waals surface area contributed by atoms with Crippen molar-refractivity contribution in [3.8, 4) is 0 Å². The topological polar surface area (TPSA) is 67.9 Å². The van der Waals surface area contributed by atoms with Gasteiger partial charge in [0.05, 0.1) is 26.2 Å². The molecule has 0 radical (unpaired) electrons. The number of esters is 1. The van der Waals surface area contributed by atoms with Gasteiger partial charge in [-0.1, -0.05) is 18.2 Å². The van der Waals surface area contributed by atoms with E-state index in [1.165, 1.54) is 12.7 Å². The van der Waals surface area contributed by atoms with Gasteiger partial charge in [0.1, 0.15) is 0 Å². The molecule has 24 heavy (non-hydrogen) atoms. The molecule has 1 aromatic carbocycles. The van der Waals surface area contributed by atoms with Crippen LogP contribution in [0.3, 0.4) is 0 Å². The minimum absolute atomic E-state index is 0.0386. The summed E-state index contributed by atoms with van der Waals surface area (Å²) in [6, 6.07) is 7.94. The van der Waals surface area contributed by atoms with Crippen molar-refractivity contribution >= 4 is 17.6 Å². The number of ether oxygens (including phenoxy) is 2. The van der Waals surface area contributed by atoms with Crippen molar-refractivity contribution in [2.24, 2.45) is 0 Å². The molecule has 6 nitrogen and oxygen atoms in total. The summed E-state index contributed by atoms with van der Waals surface area (Å²) >= 11 is 0. The van der Waals surface area contributed by atoms with Gasteiger partial charge in [0, 0.05) is 24.9 Å². The van der Waals surface area contributed by atoms with Crippen LogP contribution < -0.4 is 10.2 Å². The second-order valence-corrected chi connectivity index (χ2v) is 6.33. The normalized spacial score (nSPS) is 22.3. The standard InChI is InChI=1S/C18H24N2O4/c1-23-18(22)10-14-9-13-5-2-3-7-16(13)20(14)12-17(21)19-11-15-6-4-8-24-15/h2-3,5,7,14-15H,4,6,8-12H2,1H3,(H,19,21)/t14-,15-/m0/s1. The number of carbonyl (C=O) groups excluding carboxylic acids is 2. The van der Waals surface area contributed by atoms with Crippen LogP contribution >= 0.6 is 0 Å². The minimum atomic E-state index is -0.252. The number of anilines is 1. The highest BCUT2D eigenvalue weighted by Crippen LogP contribution is 2.33. The van der Waals surface area contributed by atoms with E-state index in [4.69, 9.17) is 9.47 Å². The van der Waals surface area contributed by atoms with Crippen LogP contribution in [0, 0.1) is 0 Å². The maximum absolute atomic E-state index is 12.3. The highest BCUT2D eigenvalue weighted by atomic mass is 16.5. The largest absolute Gasteiger partial charge is 0.469 e. The van der Waals surface area contributed by atoms with E-state index in [9.17, 15) is 9.59 Å². The van der Waals surface area contributed by atoms with Crippen LogP contribution in [-0.4, -0.2) is 50.8 Å². The lowest BCUT2D eigenvalue weighted by molar-refractivity contribution is -0.141. The van der Waals surface area contributed by atoms with Gasteiger partial charge >= 0.3 is 5.97 Å². The molecule has 0 aliphatic carbocycles. The molecule has 0 unspecified atom stereocenters. The van der Waals surface area contributed by atoms with Crippen molar-refractivity contribution in [3.63, 3.8) is 0 Å². The molecule has 2 heterocycles. The monoisotopic (exact) mass is 332 g/mol. The Morgan fingerprint density at radius 2 is 2.21 bits per heavy atom. The van der Waals surface area contributed by atoms with Gasteiger partial charge in [0.2, 0.25) is 5.91 Å². The Labute approximate surface area is 142 Å². The van der Waals surface area contributed by atoms with Gasteiger partial charge < -0.3 is 19.7 Å². The average molecular weight is 332 g/mol. The van der Waals surface area contributed by atoms with E-state index in [-0.39, 0.29) is 37.0 Å². The second-order valence-electron chi connectivity index (χ2n) is 6.33. The van der Waals surface area contributed by atoms with E-state index in [2.05, 4.69) is 5.32 Å². The lowest BCUT2D eigenvalue weighted by atomic mass is 10.1. The Hall–Kier alpha value is -2.08. The van der Waals surface area contributed by atoms with Gasteiger partial charge in [-0.2, -0.15) is 0 Å². The SMILES string of the molecule is COC(=O)C[C@@H]1Cc2ccccc2N1CC(=O)NC[C@@H]1CCCO1. The number of amides is 1. The van der Waals surface area contributed by atoms with E-state index >= 15 is 0 Å². The molecule has 3 rings (SSSR count). The molecule has 1 saturated heterocycles. The molecule has 1 amide bonds. The number of nitrogens with one attached hydrogen (secondary N) is 1. The molecule has 1 aromatic rings. The van der Waals surface area contributed by atoms with Gasteiger partial charge in [0.25, 0.3) is 0 Å². The van der Waals surface area contributed by atoms with Crippen LogP contribution in [0.15, 0.2) is 24.3 Å². The number of methoxy groups -OCH3 is 1. The highest BCUT2D eigenvalue weighted by Gasteiger charge is 2.32. The lowest BCUT2D eigenvalue weighted by Crippen LogP contribution is -2.43. The molecule has 2 aliphatic heterocycles. The zero-order valence-corrected chi connectivity index (χ0v) is 14.0. The molecule has 130 valence electrons.